The van der Waals surface area contributed by atoms with Crippen LogP contribution in [0.15, 0.2) is 36.5 Å². The molecular formula is C14H11FN2O4. The number of nitrogens with one attached hydrogen (secondary N) is 1. The highest BCUT2D eigenvalue weighted by Crippen LogP contribution is 2.26. The summed E-state index contributed by atoms with van der Waals surface area (Å²) in [7, 11) is 1.37. The van der Waals surface area contributed by atoms with Crippen LogP contribution in [0, 0.1) is 5.95 Å². The van der Waals surface area contributed by atoms with Gasteiger partial charge in [0, 0.05) is 6.20 Å². The lowest BCUT2D eigenvalue weighted by Gasteiger charge is -2.11. The van der Waals surface area contributed by atoms with Crippen molar-refractivity contribution in [3.63, 3.8) is 0 Å². The van der Waals surface area contributed by atoms with Gasteiger partial charge in [-0.15, -0.1) is 0 Å². The molecule has 1 aromatic carbocycles. The number of rotatable bonds is 4. The van der Waals surface area contributed by atoms with Crippen molar-refractivity contribution in [3.8, 4) is 5.75 Å². The van der Waals surface area contributed by atoms with E-state index >= 15 is 0 Å². The number of aromatic nitrogens is 1. The Hall–Kier alpha value is -2.96. The molecule has 6 nitrogen and oxygen atoms in total. The third kappa shape index (κ3) is 3.14. The molecule has 0 bridgehead atoms. The molecule has 0 aliphatic heterocycles. The second kappa shape index (κ2) is 6.00. The molecule has 0 spiro atoms. The van der Waals surface area contributed by atoms with Gasteiger partial charge in [0.25, 0.3) is 5.91 Å². The zero-order valence-electron chi connectivity index (χ0n) is 11.0. The molecule has 0 radical (unpaired) electrons. The van der Waals surface area contributed by atoms with Gasteiger partial charge in [0.1, 0.15) is 5.75 Å². The van der Waals surface area contributed by atoms with Crippen molar-refractivity contribution >= 4 is 17.6 Å². The number of aromatic carboxylic acids is 1. The van der Waals surface area contributed by atoms with Gasteiger partial charge in [-0.1, -0.05) is 0 Å². The first-order valence-corrected chi connectivity index (χ1v) is 5.86. The Balaban J connectivity index is 2.34. The Morgan fingerprint density at radius 1 is 1.33 bits per heavy atom. The van der Waals surface area contributed by atoms with Gasteiger partial charge in [0.2, 0.25) is 5.95 Å². The monoisotopic (exact) mass is 290 g/mol. The molecule has 0 fully saturated rings. The minimum Gasteiger partial charge on any atom is -0.495 e. The van der Waals surface area contributed by atoms with E-state index in [0.29, 0.717) is 0 Å². The van der Waals surface area contributed by atoms with Crippen LogP contribution in [0.3, 0.4) is 0 Å². The molecule has 0 aliphatic rings. The summed E-state index contributed by atoms with van der Waals surface area (Å²) in [6.45, 7) is 0. The number of carboxylic acids is 1. The zero-order chi connectivity index (χ0) is 15.4. The molecule has 0 unspecified atom stereocenters. The van der Waals surface area contributed by atoms with Crippen LogP contribution >= 0.6 is 0 Å². The van der Waals surface area contributed by atoms with Crippen molar-refractivity contribution in [3.05, 3.63) is 53.6 Å². The number of pyridine rings is 1. The van der Waals surface area contributed by atoms with Crippen LogP contribution in [-0.4, -0.2) is 29.1 Å². The molecule has 2 aromatic rings. The fourth-order valence-electron chi connectivity index (χ4n) is 1.68. The number of benzene rings is 1. The van der Waals surface area contributed by atoms with Crippen molar-refractivity contribution < 1.29 is 23.8 Å². The Kier molecular flexibility index (Phi) is 4.13. The van der Waals surface area contributed by atoms with Gasteiger partial charge in [-0.05, 0) is 30.3 Å². The van der Waals surface area contributed by atoms with E-state index in [1.807, 2.05) is 0 Å². The van der Waals surface area contributed by atoms with E-state index in [-0.39, 0.29) is 22.6 Å². The zero-order valence-corrected chi connectivity index (χ0v) is 11.0. The van der Waals surface area contributed by atoms with Gasteiger partial charge in [0.15, 0.2) is 0 Å². The Bertz CT molecular complexity index is 703. The van der Waals surface area contributed by atoms with Crippen LogP contribution in [0.1, 0.15) is 20.7 Å². The van der Waals surface area contributed by atoms with E-state index in [9.17, 15) is 14.0 Å². The van der Waals surface area contributed by atoms with Crippen LogP contribution in [0.5, 0.6) is 5.75 Å². The summed E-state index contributed by atoms with van der Waals surface area (Å²) in [6, 6.07) is 6.65. The summed E-state index contributed by atoms with van der Waals surface area (Å²) >= 11 is 0. The van der Waals surface area contributed by atoms with Crippen molar-refractivity contribution in [2.45, 2.75) is 0 Å². The number of hydrogen-bond donors (Lipinski definition) is 2. The number of anilines is 1. The number of nitrogens with zero attached hydrogens (tertiary/aromatic N) is 1. The number of ether oxygens (including phenoxy) is 1. The van der Waals surface area contributed by atoms with Crippen molar-refractivity contribution in [2.24, 2.45) is 0 Å². The minimum atomic E-state index is -1.15. The van der Waals surface area contributed by atoms with Gasteiger partial charge in [-0.2, -0.15) is 4.39 Å². The van der Waals surface area contributed by atoms with Gasteiger partial charge in [-0.3, -0.25) is 4.79 Å². The third-order valence-electron chi connectivity index (χ3n) is 2.70. The SMILES string of the molecule is COc1ccc(C(=O)O)cc1NC(=O)c1cccnc1F. The van der Waals surface area contributed by atoms with Crippen LogP contribution in [0.2, 0.25) is 0 Å². The largest absolute Gasteiger partial charge is 0.495 e. The average Bonchev–Trinajstić information content (AvgIpc) is 2.47. The van der Waals surface area contributed by atoms with E-state index in [1.165, 1.54) is 43.6 Å². The van der Waals surface area contributed by atoms with Gasteiger partial charge in [0.05, 0.1) is 23.9 Å². The normalized spacial score (nSPS) is 10.0. The number of carboxylic acid groups (broad SMARTS) is 1. The second-order valence-corrected chi connectivity index (χ2v) is 4.02. The van der Waals surface area contributed by atoms with Crippen LogP contribution < -0.4 is 10.1 Å². The molecule has 108 valence electrons. The van der Waals surface area contributed by atoms with Crippen LogP contribution in [0.25, 0.3) is 0 Å². The fourth-order valence-corrected chi connectivity index (χ4v) is 1.68. The lowest BCUT2D eigenvalue weighted by Crippen LogP contribution is -2.15. The predicted octanol–water partition coefficient (Wildman–Crippen LogP) is 2.18. The first-order valence-electron chi connectivity index (χ1n) is 5.86. The van der Waals surface area contributed by atoms with Gasteiger partial charge in [-0.25, -0.2) is 9.78 Å². The molecule has 0 saturated heterocycles. The highest BCUT2D eigenvalue weighted by Gasteiger charge is 2.16. The molecule has 0 aliphatic carbocycles. The highest BCUT2D eigenvalue weighted by atomic mass is 19.1. The first-order chi connectivity index (χ1) is 10.0. The molecule has 1 heterocycles. The number of carbonyl (C=O) groups excluding carboxylic acids is 1. The quantitative estimate of drug-likeness (QED) is 0.842. The molecule has 1 amide bonds. The highest BCUT2D eigenvalue weighted by molar-refractivity contribution is 6.05. The maximum Gasteiger partial charge on any atom is 0.335 e. The van der Waals surface area contributed by atoms with E-state index in [4.69, 9.17) is 9.84 Å². The summed E-state index contributed by atoms with van der Waals surface area (Å²) in [6.07, 6.45) is 1.22. The van der Waals surface area contributed by atoms with Gasteiger partial charge >= 0.3 is 5.97 Å². The Labute approximate surface area is 119 Å². The van der Waals surface area contributed by atoms with Gasteiger partial charge < -0.3 is 15.2 Å². The maximum absolute atomic E-state index is 13.4. The fraction of sp³-hybridized carbons (Fsp3) is 0.0714. The van der Waals surface area contributed by atoms with E-state index in [0.717, 1.165) is 0 Å². The summed E-state index contributed by atoms with van der Waals surface area (Å²) in [5.41, 5.74) is -0.149. The molecule has 7 heteroatoms. The molecule has 0 atom stereocenters. The molecular weight excluding hydrogens is 279 g/mol. The number of carbonyl (C=O) groups is 2. The molecule has 1 aromatic heterocycles. The van der Waals surface area contributed by atoms with Crippen LogP contribution in [-0.2, 0) is 0 Å². The van der Waals surface area contributed by atoms with Crippen molar-refractivity contribution in [1.82, 2.24) is 4.98 Å². The van der Waals surface area contributed by atoms with Crippen molar-refractivity contribution in [2.75, 3.05) is 12.4 Å². The second-order valence-electron chi connectivity index (χ2n) is 4.02. The molecule has 2 rings (SSSR count). The Morgan fingerprint density at radius 2 is 2.10 bits per heavy atom. The van der Waals surface area contributed by atoms with Crippen molar-refractivity contribution in [1.29, 1.82) is 0 Å². The first kappa shape index (κ1) is 14.4. The van der Waals surface area contributed by atoms with E-state index in [2.05, 4.69) is 10.3 Å². The topological polar surface area (TPSA) is 88.5 Å². The summed E-state index contributed by atoms with van der Waals surface area (Å²) in [5, 5.41) is 11.4. The minimum absolute atomic E-state index is 0.0299. The Morgan fingerprint density at radius 3 is 2.71 bits per heavy atom. The van der Waals surface area contributed by atoms with Crippen LogP contribution in [0.4, 0.5) is 10.1 Å². The van der Waals surface area contributed by atoms with E-state index < -0.39 is 17.8 Å². The number of methoxy groups -OCH3 is 1. The standard InChI is InChI=1S/C14H11FN2O4/c1-21-11-5-4-8(14(19)20)7-10(11)17-13(18)9-3-2-6-16-12(9)15/h2-7H,1H3,(H,17,18)(H,19,20). The molecule has 0 saturated carbocycles. The number of amides is 1. The summed E-state index contributed by atoms with van der Waals surface area (Å²) < 4.78 is 18.5. The molecule has 2 N–H and O–H groups in total. The average molecular weight is 290 g/mol. The lowest BCUT2D eigenvalue weighted by atomic mass is 10.1. The summed E-state index contributed by atoms with van der Waals surface area (Å²) in [5.74, 6) is -2.55. The predicted molar refractivity (Wildman–Crippen MR) is 72.1 cm³/mol. The van der Waals surface area contributed by atoms with E-state index in [1.54, 1.807) is 0 Å². The number of halogens is 1. The smallest absolute Gasteiger partial charge is 0.335 e. The molecule has 21 heavy (non-hydrogen) atoms. The maximum atomic E-state index is 13.4. The number of hydrogen-bond acceptors (Lipinski definition) is 4. The summed E-state index contributed by atoms with van der Waals surface area (Å²) in [4.78, 5) is 26.3. The third-order valence-corrected chi connectivity index (χ3v) is 2.70. The lowest BCUT2D eigenvalue weighted by molar-refractivity contribution is 0.0696.